The van der Waals surface area contributed by atoms with Crippen LogP contribution in [-0.4, -0.2) is 80.4 Å². The minimum absolute atomic E-state index is 0.656. The summed E-state index contributed by atoms with van der Waals surface area (Å²) in [5.41, 5.74) is 3.05. The summed E-state index contributed by atoms with van der Waals surface area (Å²) in [5, 5.41) is 13.0. The van der Waals surface area contributed by atoms with Crippen LogP contribution in [0.2, 0.25) is 0 Å². The Kier molecular flexibility index (Phi) is 6.45. The van der Waals surface area contributed by atoms with E-state index in [4.69, 9.17) is 4.74 Å². The number of hydrogen-bond donors (Lipinski definition) is 1. The molecule has 0 unspecified atom stereocenters. The van der Waals surface area contributed by atoms with E-state index in [0.29, 0.717) is 5.13 Å². The van der Waals surface area contributed by atoms with Gasteiger partial charge in [0, 0.05) is 32.2 Å². The summed E-state index contributed by atoms with van der Waals surface area (Å²) >= 11 is 1.53. The van der Waals surface area contributed by atoms with Gasteiger partial charge in [0.15, 0.2) is 0 Å². The van der Waals surface area contributed by atoms with Crippen molar-refractivity contribution in [3.05, 3.63) is 48.0 Å². The van der Waals surface area contributed by atoms with Crippen LogP contribution in [-0.2, 0) is 6.42 Å². The van der Waals surface area contributed by atoms with Crippen LogP contribution in [0.4, 0.5) is 10.8 Å². The average Bonchev–Trinajstić information content (AvgIpc) is 3.26. The number of methoxy groups -OCH3 is 1. The number of nitrogens with one attached hydrogen (secondary N) is 1. The number of fused-ring (bicyclic) bond motifs is 4. The zero-order chi connectivity index (χ0) is 21.8. The van der Waals surface area contributed by atoms with Gasteiger partial charge in [-0.2, -0.15) is 0 Å². The highest BCUT2D eigenvalue weighted by molar-refractivity contribution is 7.21. The van der Waals surface area contributed by atoms with Crippen LogP contribution in [0.15, 0.2) is 52.7 Å². The molecule has 3 aliphatic heterocycles. The molecule has 2 aromatic carbocycles. The first-order valence-corrected chi connectivity index (χ1v) is 12.3. The Hall–Kier alpha value is -2.39. The lowest BCUT2D eigenvalue weighted by molar-refractivity contribution is -0.939. The van der Waals surface area contributed by atoms with Crippen molar-refractivity contribution in [2.45, 2.75) is 6.42 Å². The summed E-state index contributed by atoms with van der Waals surface area (Å²) in [5.74, 6) is 0.800. The van der Waals surface area contributed by atoms with Gasteiger partial charge in [-0.15, -0.1) is 10.2 Å². The van der Waals surface area contributed by atoms with Gasteiger partial charge < -0.3 is 14.5 Å². The molecule has 3 aromatic rings. The lowest BCUT2D eigenvalue weighted by Crippen LogP contribution is -2.68. The van der Waals surface area contributed by atoms with Gasteiger partial charge in [0.2, 0.25) is 5.13 Å². The van der Waals surface area contributed by atoms with Crippen molar-refractivity contribution in [1.29, 1.82) is 0 Å². The molecule has 4 heterocycles. The molecule has 2 bridgehead atoms. The fraction of sp³-hybridized carbons (Fsp3) is 0.458. The van der Waals surface area contributed by atoms with E-state index in [-0.39, 0.29) is 0 Å². The predicted molar refractivity (Wildman–Crippen MR) is 130 cm³/mol. The fourth-order valence-corrected chi connectivity index (χ4v) is 5.40. The van der Waals surface area contributed by atoms with Crippen LogP contribution in [0, 0.1) is 0 Å². The maximum atomic E-state index is 5.26. The monoisotopic (exact) mass is 451 g/mol. The molecule has 0 aliphatic carbocycles. The van der Waals surface area contributed by atoms with E-state index in [0.717, 1.165) is 41.2 Å². The number of aromatic nitrogens is 1. The highest BCUT2D eigenvalue weighted by Crippen LogP contribution is 2.31. The van der Waals surface area contributed by atoms with Crippen LogP contribution in [0.3, 0.4) is 0 Å². The predicted octanol–water partition coefficient (Wildman–Crippen LogP) is 4.00. The van der Waals surface area contributed by atoms with Crippen molar-refractivity contribution in [3.8, 4) is 5.75 Å². The maximum Gasteiger partial charge on any atom is 0.231 e. The van der Waals surface area contributed by atoms with Gasteiger partial charge >= 0.3 is 0 Å². The topological polar surface area (TPSA) is 62.1 Å². The third-order valence-corrected chi connectivity index (χ3v) is 7.72. The Bertz CT molecular complexity index is 1060. The summed E-state index contributed by atoms with van der Waals surface area (Å²) in [6.07, 6.45) is 1.03. The van der Waals surface area contributed by atoms with Crippen LogP contribution in [0.1, 0.15) is 5.56 Å². The molecule has 168 valence electrons. The third kappa shape index (κ3) is 4.99. The van der Waals surface area contributed by atoms with Gasteiger partial charge in [0.25, 0.3) is 0 Å². The highest BCUT2D eigenvalue weighted by Gasteiger charge is 2.37. The Balaban J connectivity index is 1.08. The summed E-state index contributed by atoms with van der Waals surface area (Å²) < 4.78 is 7.66. The number of rotatable bonds is 9. The smallest absolute Gasteiger partial charge is 0.231 e. The van der Waals surface area contributed by atoms with Gasteiger partial charge in [-0.25, -0.2) is 4.98 Å². The molecule has 0 saturated carbocycles. The minimum atomic E-state index is 0.656. The van der Waals surface area contributed by atoms with Gasteiger partial charge in [-0.1, -0.05) is 23.5 Å². The summed E-state index contributed by atoms with van der Waals surface area (Å²) in [6.45, 7) is 11.3. The standard InChI is InChI=1S/C24H31N6OS/c1-31-21-6-7-23-22(18-21)26-24(32-23)28-27-20-4-2-19(3-5-20)8-9-25-10-14-30-15-11-29(12-16-30)13-17-30/h2-7,18,25H,8-17H2,1H3/q+1. The van der Waals surface area contributed by atoms with Crippen molar-refractivity contribution in [1.82, 2.24) is 15.2 Å². The first-order valence-electron chi connectivity index (χ1n) is 11.4. The van der Waals surface area contributed by atoms with E-state index in [9.17, 15) is 0 Å². The lowest BCUT2D eigenvalue weighted by Gasteiger charge is -2.50. The molecule has 0 spiro atoms. The summed E-state index contributed by atoms with van der Waals surface area (Å²) in [4.78, 5) is 7.13. The minimum Gasteiger partial charge on any atom is -0.497 e. The maximum absolute atomic E-state index is 5.26. The molecular weight excluding hydrogens is 420 g/mol. The Morgan fingerprint density at radius 2 is 1.81 bits per heavy atom. The number of azo groups is 1. The summed E-state index contributed by atoms with van der Waals surface area (Å²) in [6, 6.07) is 14.2. The molecule has 3 aliphatic rings. The van der Waals surface area contributed by atoms with Crippen molar-refractivity contribution in [3.63, 3.8) is 0 Å². The van der Waals surface area contributed by atoms with E-state index in [1.807, 2.05) is 30.3 Å². The molecule has 0 atom stereocenters. The fourth-order valence-electron chi connectivity index (χ4n) is 4.64. The van der Waals surface area contributed by atoms with Crippen LogP contribution < -0.4 is 10.1 Å². The molecule has 1 N–H and O–H groups in total. The molecule has 0 radical (unpaired) electrons. The largest absolute Gasteiger partial charge is 0.497 e. The molecule has 1 aromatic heterocycles. The molecular formula is C24H31N6OS+. The SMILES string of the molecule is COc1ccc2sc(N=Nc3ccc(CCNCC[N+]45CCN(CC4)CC5)cc3)nc2c1. The molecule has 3 fully saturated rings. The number of benzene rings is 2. The molecule has 32 heavy (non-hydrogen) atoms. The molecule has 6 rings (SSSR count). The normalized spacial score (nSPS) is 22.7. The molecule has 8 heteroatoms. The second-order valence-corrected chi connectivity index (χ2v) is 9.78. The van der Waals surface area contributed by atoms with Gasteiger partial charge in [-0.05, 0) is 42.8 Å². The molecule has 7 nitrogen and oxygen atoms in total. The third-order valence-electron chi connectivity index (χ3n) is 6.80. The first kappa shape index (κ1) is 21.5. The van der Waals surface area contributed by atoms with E-state index < -0.39 is 0 Å². The van der Waals surface area contributed by atoms with Crippen LogP contribution in [0.25, 0.3) is 10.2 Å². The number of hydrogen-bond acceptors (Lipinski definition) is 7. The number of thiazole rings is 1. The van der Waals surface area contributed by atoms with Crippen molar-refractivity contribution < 1.29 is 9.22 Å². The Morgan fingerprint density at radius 3 is 2.56 bits per heavy atom. The zero-order valence-corrected chi connectivity index (χ0v) is 19.5. The quantitative estimate of drug-likeness (QED) is 0.303. The molecule has 3 saturated heterocycles. The number of piperazine rings is 3. The van der Waals surface area contributed by atoms with E-state index >= 15 is 0 Å². The number of nitrogens with zero attached hydrogens (tertiary/aromatic N) is 5. The second-order valence-electron chi connectivity index (χ2n) is 8.77. The highest BCUT2D eigenvalue weighted by atomic mass is 32.1. The first-order chi connectivity index (χ1) is 15.7. The van der Waals surface area contributed by atoms with E-state index in [1.165, 1.54) is 67.2 Å². The van der Waals surface area contributed by atoms with Crippen molar-refractivity contribution >= 4 is 32.4 Å². The average molecular weight is 452 g/mol. The number of quaternary nitrogens is 1. The van der Waals surface area contributed by atoms with Gasteiger partial charge in [0.1, 0.15) is 5.75 Å². The van der Waals surface area contributed by atoms with E-state index in [2.05, 4.69) is 37.6 Å². The Morgan fingerprint density at radius 1 is 1.03 bits per heavy atom. The van der Waals surface area contributed by atoms with Crippen LogP contribution in [0.5, 0.6) is 5.75 Å². The Labute approximate surface area is 193 Å². The van der Waals surface area contributed by atoms with E-state index in [1.54, 1.807) is 7.11 Å². The number of ether oxygens (including phenoxy) is 1. The van der Waals surface area contributed by atoms with Gasteiger partial charge in [-0.3, -0.25) is 4.90 Å². The zero-order valence-electron chi connectivity index (χ0n) is 18.7. The van der Waals surface area contributed by atoms with Gasteiger partial charge in [0.05, 0.1) is 49.2 Å². The van der Waals surface area contributed by atoms with Crippen molar-refractivity contribution in [2.24, 2.45) is 10.2 Å². The second kappa shape index (κ2) is 9.62. The van der Waals surface area contributed by atoms with Crippen molar-refractivity contribution in [2.75, 3.05) is 66.0 Å². The summed E-state index contributed by atoms with van der Waals surface area (Å²) in [7, 11) is 1.66. The van der Waals surface area contributed by atoms with Crippen LogP contribution >= 0.6 is 11.3 Å². The molecule has 0 amide bonds. The lowest BCUT2D eigenvalue weighted by atomic mass is 10.1.